The number of unbranched alkanes of at least 4 members (excludes halogenated alkanes) is 1. The van der Waals surface area contributed by atoms with Crippen LogP contribution in [0.5, 0.6) is 0 Å². The maximum absolute atomic E-state index is 13.3. The van der Waals surface area contributed by atoms with Gasteiger partial charge in [0.15, 0.2) is 0 Å². The van der Waals surface area contributed by atoms with E-state index in [0.29, 0.717) is 51.1 Å². The number of benzene rings is 1. The number of ether oxygens (including phenoxy) is 1. The number of imidazole rings is 1. The summed E-state index contributed by atoms with van der Waals surface area (Å²) in [5.41, 5.74) is 7.14. The van der Waals surface area contributed by atoms with E-state index in [4.69, 9.17) is 10.5 Å². The minimum atomic E-state index is -1.16. The molecular formula is C27H38N6O6. The average molecular weight is 543 g/mol. The van der Waals surface area contributed by atoms with E-state index >= 15 is 0 Å². The lowest BCUT2D eigenvalue weighted by Crippen LogP contribution is -2.56. The van der Waals surface area contributed by atoms with Crippen LogP contribution in [0.2, 0.25) is 0 Å². The van der Waals surface area contributed by atoms with Gasteiger partial charge in [0, 0.05) is 31.8 Å². The van der Waals surface area contributed by atoms with Crippen molar-refractivity contribution in [3.63, 3.8) is 0 Å². The molecule has 1 saturated heterocycles. The van der Waals surface area contributed by atoms with Crippen molar-refractivity contribution in [3.8, 4) is 0 Å². The molecule has 2 heterocycles. The van der Waals surface area contributed by atoms with E-state index in [0.717, 1.165) is 5.56 Å². The first-order valence-electron chi connectivity index (χ1n) is 13.2. The van der Waals surface area contributed by atoms with Crippen molar-refractivity contribution in [3.05, 3.63) is 54.1 Å². The van der Waals surface area contributed by atoms with E-state index in [1.54, 1.807) is 17.1 Å². The van der Waals surface area contributed by atoms with Crippen molar-refractivity contribution in [2.75, 3.05) is 13.1 Å². The Kier molecular flexibility index (Phi) is 11.4. The molecule has 0 aliphatic carbocycles. The van der Waals surface area contributed by atoms with Crippen LogP contribution in [0.4, 0.5) is 0 Å². The quantitative estimate of drug-likeness (QED) is 0.240. The minimum Gasteiger partial charge on any atom is -0.480 e. The molecule has 3 rings (SSSR count). The molecule has 12 nitrogen and oxygen atoms in total. The van der Waals surface area contributed by atoms with Crippen molar-refractivity contribution >= 4 is 23.7 Å². The van der Waals surface area contributed by atoms with Crippen LogP contribution in [-0.4, -0.2) is 74.5 Å². The van der Waals surface area contributed by atoms with Gasteiger partial charge >= 0.3 is 5.97 Å². The monoisotopic (exact) mass is 542 g/mol. The number of nitrogens with one attached hydrogen (secondary N) is 2. The molecule has 0 radical (unpaired) electrons. The molecule has 3 unspecified atom stereocenters. The lowest BCUT2D eigenvalue weighted by Gasteiger charge is -2.26. The number of nitrogens with zero attached hydrogens (tertiary/aromatic N) is 3. The van der Waals surface area contributed by atoms with Crippen LogP contribution >= 0.6 is 0 Å². The van der Waals surface area contributed by atoms with E-state index in [1.165, 1.54) is 11.8 Å². The zero-order chi connectivity index (χ0) is 28.2. The summed E-state index contributed by atoms with van der Waals surface area (Å²) in [5.74, 6) is -2.46. The lowest BCUT2D eigenvalue weighted by molar-refractivity contribution is -0.143. The number of aromatic nitrogens is 2. The second-order valence-electron chi connectivity index (χ2n) is 9.64. The standard InChI is InChI=1S/C27H38N6O6/c1-19(34)33-13-7-11-24(33)26(36)31-23(25(35)30-22(27(37)38)10-5-6-12-28)14-21-15-29-17-32(21)18-39-16-20-8-3-2-4-9-20/h2-4,8-9,15,17,22-24H,5-7,10-14,16,18,28H2,1H3,(H,30,35)(H,31,36)(H,37,38). The molecule has 39 heavy (non-hydrogen) atoms. The minimum absolute atomic E-state index is 0.0498. The summed E-state index contributed by atoms with van der Waals surface area (Å²) >= 11 is 0. The van der Waals surface area contributed by atoms with Gasteiger partial charge in [-0.05, 0) is 44.2 Å². The fourth-order valence-corrected chi connectivity index (χ4v) is 4.60. The fourth-order valence-electron chi connectivity index (χ4n) is 4.60. The summed E-state index contributed by atoms with van der Waals surface area (Å²) in [5, 5.41) is 15.0. The van der Waals surface area contributed by atoms with Crippen LogP contribution in [0.25, 0.3) is 0 Å². The van der Waals surface area contributed by atoms with E-state index < -0.39 is 35.9 Å². The van der Waals surface area contributed by atoms with Gasteiger partial charge in [-0.15, -0.1) is 0 Å². The highest BCUT2D eigenvalue weighted by atomic mass is 16.5. The predicted molar refractivity (Wildman–Crippen MR) is 142 cm³/mol. The number of carbonyl (C=O) groups excluding carboxylic acids is 3. The normalized spacial score (nSPS) is 16.5. The zero-order valence-electron chi connectivity index (χ0n) is 22.3. The Morgan fingerprint density at radius 1 is 1.15 bits per heavy atom. The average Bonchev–Trinajstić information content (AvgIpc) is 3.58. The van der Waals surface area contributed by atoms with Crippen molar-refractivity contribution in [2.45, 2.75) is 76.9 Å². The Bertz CT molecular complexity index is 1110. The molecule has 12 heteroatoms. The molecule has 0 spiro atoms. The molecule has 2 aromatic rings. The summed E-state index contributed by atoms with van der Waals surface area (Å²) in [6, 6.07) is 6.77. The zero-order valence-corrected chi connectivity index (χ0v) is 22.3. The topological polar surface area (TPSA) is 169 Å². The number of carboxylic acids is 1. The van der Waals surface area contributed by atoms with Gasteiger partial charge in [-0.3, -0.25) is 14.4 Å². The van der Waals surface area contributed by atoms with Crippen LogP contribution in [0.3, 0.4) is 0 Å². The molecule has 212 valence electrons. The van der Waals surface area contributed by atoms with Crippen LogP contribution in [0.15, 0.2) is 42.9 Å². The van der Waals surface area contributed by atoms with E-state index in [-0.39, 0.29) is 25.5 Å². The predicted octanol–water partition coefficient (Wildman–Crippen LogP) is 0.794. The Labute approximate surface area is 227 Å². The molecule has 3 atom stereocenters. The Morgan fingerprint density at radius 2 is 1.92 bits per heavy atom. The number of likely N-dealkylation sites (tertiary alicyclic amines) is 1. The van der Waals surface area contributed by atoms with Crippen molar-refractivity contribution < 1.29 is 29.0 Å². The third-order valence-electron chi connectivity index (χ3n) is 6.71. The molecular weight excluding hydrogens is 504 g/mol. The molecule has 1 aromatic heterocycles. The van der Waals surface area contributed by atoms with E-state index in [9.17, 15) is 24.3 Å². The summed E-state index contributed by atoms with van der Waals surface area (Å²) < 4.78 is 7.53. The maximum atomic E-state index is 13.3. The maximum Gasteiger partial charge on any atom is 0.326 e. The van der Waals surface area contributed by atoms with Crippen molar-refractivity contribution in [2.24, 2.45) is 5.73 Å². The van der Waals surface area contributed by atoms with Gasteiger partial charge in [0.2, 0.25) is 17.7 Å². The molecule has 3 amide bonds. The second kappa shape index (κ2) is 15.0. The van der Waals surface area contributed by atoms with Crippen molar-refractivity contribution in [1.29, 1.82) is 0 Å². The summed E-state index contributed by atoms with van der Waals surface area (Å²) in [6.07, 6.45) is 5.74. The van der Waals surface area contributed by atoms with Gasteiger partial charge in [-0.2, -0.15) is 0 Å². The third-order valence-corrected chi connectivity index (χ3v) is 6.71. The number of aliphatic carboxylic acids is 1. The number of carbonyl (C=O) groups is 4. The molecule has 0 saturated carbocycles. The van der Waals surface area contributed by atoms with Gasteiger partial charge in [-0.25, -0.2) is 9.78 Å². The van der Waals surface area contributed by atoms with E-state index in [1.807, 2.05) is 30.3 Å². The highest BCUT2D eigenvalue weighted by molar-refractivity contribution is 5.93. The van der Waals surface area contributed by atoms with E-state index in [2.05, 4.69) is 15.6 Å². The molecule has 5 N–H and O–H groups in total. The van der Waals surface area contributed by atoms with Crippen LogP contribution in [-0.2, 0) is 43.7 Å². The van der Waals surface area contributed by atoms with Gasteiger partial charge in [0.05, 0.1) is 12.9 Å². The van der Waals surface area contributed by atoms with Gasteiger partial charge in [-0.1, -0.05) is 30.3 Å². The molecule has 1 aliphatic heterocycles. The number of amides is 3. The van der Waals surface area contributed by atoms with Crippen molar-refractivity contribution in [1.82, 2.24) is 25.1 Å². The number of hydrogen-bond donors (Lipinski definition) is 4. The third kappa shape index (κ3) is 8.89. The van der Waals surface area contributed by atoms with Crippen LogP contribution in [0.1, 0.15) is 50.3 Å². The smallest absolute Gasteiger partial charge is 0.326 e. The number of nitrogens with two attached hydrogens (primary N) is 1. The fraction of sp³-hybridized carbons (Fsp3) is 0.519. The van der Waals surface area contributed by atoms with Gasteiger partial charge in [0.1, 0.15) is 24.9 Å². The summed E-state index contributed by atoms with van der Waals surface area (Å²) in [6.45, 7) is 2.85. The summed E-state index contributed by atoms with van der Waals surface area (Å²) in [7, 11) is 0. The first-order valence-corrected chi connectivity index (χ1v) is 13.2. The first-order chi connectivity index (χ1) is 18.8. The lowest BCUT2D eigenvalue weighted by atomic mass is 10.1. The first kappa shape index (κ1) is 29.8. The Morgan fingerprint density at radius 3 is 2.62 bits per heavy atom. The SMILES string of the molecule is CC(=O)N1CCCC1C(=O)NC(Cc1cncn1COCc1ccccc1)C(=O)NC(CCCCN)C(=O)O. The largest absolute Gasteiger partial charge is 0.480 e. The van der Waals surface area contributed by atoms with Crippen LogP contribution in [0, 0.1) is 0 Å². The van der Waals surface area contributed by atoms with Gasteiger partial charge < -0.3 is 35.7 Å². The highest BCUT2D eigenvalue weighted by Gasteiger charge is 2.35. The Balaban J connectivity index is 1.73. The molecule has 1 aromatic carbocycles. The summed E-state index contributed by atoms with van der Waals surface area (Å²) in [4.78, 5) is 56.0. The number of hydrogen-bond acceptors (Lipinski definition) is 7. The number of rotatable bonds is 15. The van der Waals surface area contributed by atoms with Crippen LogP contribution < -0.4 is 16.4 Å². The molecule has 1 aliphatic rings. The molecule has 1 fully saturated rings. The molecule has 0 bridgehead atoms. The highest BCUT2D eigenvalue weighted by Crippen LogP contribution is 2.18. The number of carboxylic acid groups (broad SMARTS) is 1. The Hall–Kier alpha value is -3.77. The second-order valence-corrected chi connectivity index (χ2v) is 9.64. The van der Waals surface area contributed by atoms with Gasteiger partial charge in [0.25, 0.3) is 0 Å².